The Morgan fingerprint density at radius 1 is 1.09 bits per heavy atom. The molecule has 5 heteroatoms. The molecule has 2 rings (SSSR count). The number of aliphatic hydroxyl groups excluding tert-OH is 1. The van der Waals surface area contributed by atoms with Crippen LogP contribution in [0.3, 0.4) is 0 Å². The van der Waals surface area contributed by atoms with Crippen molar-refractivity contribution in [2.45, 2.75) is 25.3 Å². The average Bonchev–Trinajstić information content (AvgIpc) is 2.57. The number of nitrogens with one attached hydrogen (secondary N) is 1. The van der Waals surface area contributed by atoms with Gasteiger partial charge in [0.2, 0.25) is 0 Å². The van der Waals surface area contributed by atoms with E-state index in [4.69, 9.17) is 8.22 Å². The molecule has 5 N–H and O–H groups in total. The van der Waals surface area contributed by atoms with Crippen LogP contribution in [-0.2, 0) is 6.37 Å². The minimum atomic E-state index is -3.13. The lowest BCUT2D eigenvalue weighted by atomic mass is 10.1. The fraction of sp³-hybridized carbons (Fsp3) is 0.294. The number of aliphatic hydroxyl groups is 1. The largest absolute Gasteiger partial charge is 0.508 e. The molecule has 22 heavy (non-hydrogen) atoms. The lowest BCUT2D eigenvalue weighted by Gasteiger charge is -2.18. The maximum atomic E-state index is 10.3. The van der Waals surface area contributed by atoms with E-state index in [2.05, 4.69) is 5.32 Å². The topological polar surface area (TPSA) is 93.0 Å². The summed E-state index contributed by atoms with van der Waals surface area (Å²) >= 11 is 0. The third kappa shape index (κ3) is 4.65. The molecule has 0 saturated carbocycles. The van der Waals surface area contributed by atoms with Crippen LogP contribution >= 0.6 is 0 Å². The summed E-state index contributed by atoms with van der Waals surface area (Å²) in [6.45, 7) is -3.67. The van der Waals surface area contributed by atoms with Crippen molar-refractivity contribution < 1.29 is 28.7 Å². The van der Waals surface area contributed by atoms with Gasteiger partial charge in [0.1, 0.15) is 17.2 Å². The van der Waals surface area contributed by atoms with Crippen LogP contribution in [0.5, 0.6) is 17.2 Å². The van der Waals surface area contributed by atoms with Crippen molar-refractivity contribution in [3.63, 3.8) is 0 Å². The number of benzene rings is 2. The Morgan fingerprint density at radius 3 is 2.32 bits per heavy atom. The lowest BCUT2D eigenvalue weighted by Crippen LogP contribution is -2.32. The third-order valence-corrected chi connectivity index (χ3v) is 2.92. The van der Waals surface area contributed by atoms with E-state index in [-0.39, 0.29) is 28.4 Å². The Hall–Kier alpha value is -2.24. The van der Waals surface area contributed by atoms with Gasteiger partial charge in [-0.05, 0) is 48.6 Å². The molecular formula is C17H21NO4. The van der Waals surface area contributed by atoms with Gasteiger partial charge in [-0.2, -0.15) is 0 Å². The molecule has 0 heterocycles. The van der Waals surface area contributed by atoms with E-state index in [0.717, 1.165) is 18.2 Å². The van der Waals surface area contributed by atoms with Crippen LogP contribution < -0.4 is 5.32 Å². The van der Waals surface area contributed by atoms with E-state index >= 15 is 0 Å². The molecule has 0 unspecified atom stereocenters. The highest BCUT2D eigenvalue weighted by Gasteiger charge is 2.12. The van der Waals surface area contributed by atoms with E-state index in [1.54, 1.807) is 0 Å². The second kappa shape index (κ2) is 7.15. The normalized spacial score (nSPS) is 20.4. The Labute approximate surface area is 137 Å². The minimum absolute atomic E-state index is 0.0584. The molecule has 0 fully saturated rings. The van der Waals surface area contributed by atoms with Crippen molar-refractivity contribution in [3.05, 3.63) is 53.6 Å². The van der Waals surface area contributed by atoms with Gasteiger partial charge in [-0.25, -0.2) is 0 Å². The zero-order chi connectivity index (χ0) is 21.3. The van der Waals surface area contributed by atoms with Crippen molar-refractivity contribution in [3.8, 4) is 17.2 Å². The predicted octanol–water partition coefficient (Wildman–Crippen LogP) is 2.06. The Bertz CT molecular complexity index is 807. The molecular weight excluding hydrogens is 282 g/mol. The average molecular weight is 309 g/mol. The molecule has 5 nitrogen and oxygen atoms in total. The fourth-order valence-corrected chi connectivity index (χ4v) is 1.86. The van der Waals surface area contributed by atoms with Gasteiger partial charge in [0, 0.05) is 26.9 Å². The third-order valence-electron chi connectivity index (χ3n) is 2.92. The maximum absolute atomic E-state index is 10.3. The minimum Gasteiger partial charge on any atom is -0.508 e. The van der Waals surface area contributed by atoms with E-state index < -0.39 is 31.9 Å². The molecule has 0 amide bonds. The first-order valence-corrected chi connectivity index (χ1v) is 6.53. The Kier molecular flexibility index (Phi) is 3.16. The number of phenolic OH excluding ortho intramolecular Hbond substituents is 3. The molecule has 0 bridgehead atoms. The summed E-state index contributed by atoms with van der Waals surface area (Å²) in [5.74, 6) is -0.779. The standard InChI is InChI=1S/C17H21NO4/c1-11(6-12-2-4-14(19)5-3-12)18-10-17(22)13-7-15(20)9-16(21)8-13/h2-5,7-9,11,17-22H,6,10H2,1H3/t11-,17-/m1/s1/i1D3,6D2,11D. The van der Waals surface area contributed by atoms with E-state index in [1.807, 2.05) is 0 Å². The van der Waals surface area contributed by atoms with Crippen LogP contribution in [0.4, 0.5) is 0 Å². The molecule has 0 aliphatic rings. The van der Waals surface area contributed by atoms with Crippen molar-refractivity contribution in [2.24, 2.45) is 0 Å². The highest BCUT2D eigenvalue weighted by molar-refractivity contribution is 5.37. The molecule has 0 aliphatic carbocycles. The number of rotatable bonds is 6. The smallest absolute Gasteiger partial charge is 0.119 e. The SMILES string of the molecule is [2H]C([2H])([2H])[C@@]([2H])(NC[C@@H](O)c1cc(O)cc(O)c1)C([2H])([2H])c1ccc(O)cc1. The summed E-state index contributed by atoms with van der Waals surface area (Å²) in [5.41, 5.74) is -0.0866. The summed E-state index contributed by atoms with van der Waals surface area (Å²) < 4.78 is 48.0. The zero-order valence-electron chi connectivity index (χ0n) is 17.6. The van der Waals surface area contributed by atoms with Crippen molar-refractivity contribution in [2.75, 3.05) is 6.54 Å². The summed E-state index contributed by atoms with van der Waals surface area (Å²) in [6, 6.07) is 5.21. The van der Waals surface area contributed by atoms with E-state index in [1.165, 1.54) is 24.3 Å². The van der Waals surface area contributed by atoms with Crippen molar-refractivity contribution in [1.82, 2.24) is 5.32 Å². The van der Waals surface area contributed by atoms with Crippen LogP contribution in [0.1, 0.15) is 32.3 Å². The molecule has 118 valence electrons. The van der Waals surface area contributed by atoms with Crippen LogP contribution in [0, 0.1) is 0 Å². The predicted molar refractivity (Wildman–Crippen MR) is 84.0 cm³/mol. The maximum Gasteiger partial charge on any atom is 0.119 e. The first-order chi connectivity index (χ1) is 12.8. The van der Waals surface area contributed by atoms with Crippen molar-refractivity contribution in [1.29, 1.82) is 0 Å². The monoisotopic (exact) mass is 309 g/mol. The Morgan fingerprint density at radius 2 is 1.73 bits per heavy atom. The summed E-state index contributed by atoms with van der Waals surface area (Å²) in [5, 5.41) is 40.9. The fourth-order valence-electron chi connectivity index (χ4n) is 1.86. The Balaban J connectivity index is 2.33. The second-order valence-electron chi connectivity index (χ2n) is 4.73. The summed E-state index contributed by atoms with van der Waals surface area (Å²) in [6.07, 6.45) is -4.16. The molecule has 0 radical (unpaired) electrons. The van der Waals surface area contributed by atoms with Crippen LogP contribution in [-0.4, -0.2) is 33.0 Å². The van der Waals surface area contributed by atoms with E-state index in [0.29, 0.717) is 0 Å². The van der Waals surface area contributed by atoms with Gasteiger partial charge in [-0.15, -0.1) is 0 Å². The van der Waals surface area contributed by atoms with Gasteiger partial charge in [0.25, 0.3) is 0 Å². The molecule has 2 atom stereocenters. The molecule has 2 aromatic carbocycles. The highest BCUT2D eigenvalue weighted by atomic mass is 16.3. The second-order valence-corrected chi connectivity index (χ2v) is 4.73. The number of aromatic hydroxyl groups is 3. The van der Waals surface area contributed by atoms with Crippen LogP contribution in [0.15, 0.2) is 42.5 Å². The molecule has 0 spiro atoms. The van der Waals surface area contributed by atoms with Gasteiger partial charge < -0.3 is 25.7 Å². The first kappa shape index (κ1) is 9.71. The van der Waals surface area contributed by atoms with Gasteiger partial charge in [-0.1, -0.05) is 12.1 Å². The van der Waals surface area contributed by atoms with E-state index in [9.17, 15) is 20.4 Å². The zero-order valence-corrected chi connectivity index (χ0v) is 11.6. The molecule has 0 saturated heterocycles. The quantitative estimate of drug-likeness (QED) is 0.563. The lowest BCUT2D eigenvalue weighted by molar-refractivity contribution is 0.170. The summed E-state index contributed by atoms with van der Waals surface area (Å²) in [4.78, 5) is 0. The molecule has 0 aliphatic heterocycles. The van der Waals surface area contributed by atoms with Crippen molar-refractivity contribution >= 4 is 0 Å². The van der Waals surface area contributed by atoms with Crippen LogP contribution in [0.2, 0.25) is 0 Å². The molecule has 0 aromatic heterocycles. The first-order valence-electron chi connectivity index (χ1n) is 9.53. The van der Waals surface area contributed by atoms with Gasteiger partial charge in [0.05, 0.1) is 6.10 Å². The number of hydrogen-bond acceptors (Lipinski definition) is 5. The molecule has 2 aromatic rings. The van der Waals surface area contributed by atoms with Gasteiger partial charge in [-0.3, -0.25) is 0 Å². The van der Waals surface area contributed by atoms with Gasteiger partial charge >= 0.3 is 0 Å². The highest BCUT2D eigenvalue weighted by Crippen LogP contribution is 2.24. The van der Waals surface area contributed by atoms with Gasteiger partial charge in [0.15, 0.2) is 0 Å². The van der Waals surface area contributed by atoms with Crippen LogP contribution in [0.25, 0.3) is 0 Å². The number of phenols is 3. The number of hydrogen-bond donors (Lipinski definition) is 5. The summed E-state index contributed by atoms with van der Waals surface area (Å²) in [7, 11) is 0.